The van der Waals surface area contributed by atoms with Crippen molar-refractivity contribution in [2.24, 2.45) is 5.92 Å². The van der Waals surface area contributed by atoms with Crippen molar-refractivity contribution in [2.45, 2.75) is 58.7 Å². The maximum absolute atomic E-state index is 4.39. The van der Waals surface area contributed by atoms with Gasteiger partial charge in [0.2, 0.25) is 0 Å². The zero-order chi connectivity index (χ0) is 11.6. The van der Waals surface area contributed by atoms with Gasteiger partial charge in [0.15, 0.2) is 0 Å². The highest BCUT2D eigenvalue weighted by Crippen LogP contribution is 2.32. The largest absolute Gasteiger partial charge is 0.308 e. The highest BCUT2D eigenvalue weighted by atomic mass is 15.3. The molecule has 1 aliphatic carbocycles. The normalized spacial score (nSPS) is 16.7. The maximum Gasteiger partial charge on any atom is 0.0534 e. The van der Waals surface area contributed by atoms with Gasteiger partial charge in [-0.25, -0.2) is 0 Å². The van der Waals surface area contributed by atoms with Crippen LogP contribution >= 0.6 is 0 Å². The topological polar surface area (TPSA) is 29.9 Å². The number of nitrogens with zero attached hydrogens (tertiary/aromatic N) is 2. The van der Waals surface area contributed by atoms with E-state index in [1.165, 1.54) is 24.8 Å². The number of nitrogens with one attached hydrogen (secondary N) is 1. The molecule has 1 saturated carbocycles. The fourth-order valence-electron chi connectivity index (χ4n) is 1.71. The van der Waals surface area contributed by atoms with Crippen LogP contribution in [0.5, 0.6) is 0 Å². The van der Waals surface area contributed by atoms with Gasteiger partial charge in [-0.2, -0.15) is 5.10 Å². The summed E-state index contributed by atoms with van der Waals surface area (Å²) in [6, 6.07) is 0. The third-order valence-electron chi connectivity index (χ3n) is 2.97. The van der Waals surface area contributed by atoms with E-state index in [9.17, 15) is 0 Å². The smallest absolute Gasteiger partial charge is 0.0534 e. The quantitative estimate of drug-likeness (QED) is 0.828. The van der Waals surface area contributed by atoms with Gasteiger partial charge in [-0.15, -0.1) is 0 Å². The standard InChI is InChI=1S/C13H23N3/c1-13(2,3)14-8-12-9-15-16(10-12)7-6-11-4-5-11/h9-11,14H,4-8H2,1-3H3. The fraction of sp³-hybridized carbons (Fsp3) is 0.769. The van der Waals surface area contributed by atoms with Crippen molar-refractivity contribution >= 4 is 0 Å². The molecule has 3 heteroatoms. The van der Waals surface area contributed by atoms with Crippen molar-refractivity contribution in [3.05, 3.63) is 18.0 Å². The molecular weight excluding hydrogens is 198 g/mol. The van der Waals surface area contributed by atoms with Crippen LogP contribution in [0.4, 0.5) is 0 Å². The summed E-state index contributed by atoms with van der Waals surface area (Å²) in [5.74, 6) is 0.986. The number of hydrogen-bond acceptors (Lipinski definition) is 2. The predicted molar refractivity (Wildman–Crippen MR) is 66.2 cm³/mol. The molecule has 0 spiro atoms. The molecule has 0 unspecified atom stereocenters. The lowest BCUT2D eigenvalue weighted by molar-refractivity contribution is 0.424. The molecule has 0 bridgehead atoms. The van der Waals surface area contributed by atoms with E-state index in [4.69, 9.17) is 0 Å². The predicted octanol–water partition coefficient (Wildman–Crippen LogP) is 2.57. The minimum atomic E-state index is 0.177. The molecule has 1 aromatic heterocycles. The molecule has 1 fully saturated rings. The molecule has 1 aromatic rings. The lowest BCUT2D eigenvalue weighted by Gasteiger charge is -2.19. The van der Waals surface area contributed by atoms with Crippen LogP contribution in [0.1, 0.15) is 45.6 Å². The number of hydrogen-bond donors (Lipinski definition) is 1. The Labute approximate surface area is 98.2 Å². The Morgan fingerprint density at radius 1 is 1.44 bits per heavy atom. The Kier molecular flexibility index (Phi) is 3.33. The minimum absolute atomic E-state index is 0.177. The summed E-state index contributed by atoms with van der Waals surface area (Å²) in [5, 5.41) is 7.87. The van der Waals surface area contributed by atoms with E-state index in [1.54, 1.807) is 0 Å². The van der Waals surface area contributed by atoms with Gasteiger partial charge in [0.1, 0.15) is 0 Å². The van der Waals surface area contributed by atoms with Gasteiger partial charge < -0.3 is 5.32 Å². The molecule has 16 heavy (non-hydrogen) atoms. The van der Waals surface area contributed by atoms with Crippen molar-refractivity contribution in [3.63, 3.8) is 0 Å². The molecule has 1 N–H and O–H groups in total. The molecule has 90 valence electrons. The van der Waals surface area contributed by atoms with Gasteiger partial charge in [0, 0.05) is 30.4 Å². The van der Waals surface area contributed by atoms with Crippen LogP contribution in [0.3, 0.4) is 0 Å². The molecule has 2 rings (SSSR count). The van der Waals surface area contributed by atoms with Crippen molar-refractivity contribution in [2.75, 3.05) is 0 Å². The SMILES string of the molecule is CC(C)(C)NCc1cnn(CCC2CC2)c1. The monoisotopic (exact) mass is 221 g/mol. The molecule has 0 radical (unpaired) electrons. The second-order valence-electron chi connectivity index (χ2n) is 5.95. The first kappa shape index (κ1) is 11.6. The second-order valence-corrected chi connectivity index (χ2v) is 5.95. The van der Waals surface area contributed by atoms with Crippen molar-refractivity contribution in [1.82, 2.24) is 15.1 Å². The van der Waals surface area contributed by atoms with Crippen molar-refractivity contribution in [3.8, 4) is 0 Å². The van der Waals surface area contributed by atoms with Gasteiger partial charge in [0.25, 0.3) is 0 Å². The third kappa shape index (κ3) is 3.97. The highest BCUT2D eigenvalue weighted by Gasteiger charge is 2.20. The first-order valence-electron chi connectivity index (χ1n) is 6.29. The molecule has 0 saturated heterocycles. The van der Waals surface area contributed by atoms with Crippen LogP contribution in [0.15, 0.2) is 12.4 Å². The van der Waals surface area contributed by atoms with Crippen molar-refractivity contribution in [1.29, 1.82) is 0 Å². The van der Waals surface area contributed by atoms with Crippen LogP contribution < -0.4 is 5.32 Å². The summed E-state index contributed by atoms with van der Waals surface area (Å²) in [5.41, 5.74) is 1.46. The Hall–Kier alpha value is -0.830. The Balaban J connectivity index is 1.77. The van der Waals surface area contributed by atoms with E-state index >= 15 is 0 Å². The van der Waals surface area contributed by atoms with Crippen LogP contribution in [0.25, 0.3) is 0 Å². The molecule has 0 amide bonds. The molecule has 0 aliphatic heterocycles. The number of rotatable bonds is 5. The molecule has 0 atom stereocenters. The summed E-state index contributed by atoms with van der Waals surface area (Å²) < 4.78 is 2.08. The molecule has 0 aromatic carbocycles. The van der Waals surface area contributed by atoms with Crippen LogP contribution in [0.2, 0.25) is 0 Å². The summed E-state index contributed by atoms with van der Waals surface area (Å²) in [7, 11) is 0. The average Bonchev–Trinajstić information content (AvgIpc) is 2.91. The van der Waals surface area contributed by atoms with Gasteiger partial charge in [-0.05, 0) is 33.1 Å². The first-order chi connectivity index (χ1) is 7.53. The zero-order valence-corrected chi connectivity index (χ0v) is 10.7. The third-order valence-corrected chi connectivity index (χ3v) is 2.97. The summed E-state index contributed by atoms with van der Waals surface area (Å²) in [4.78, 5) is 0. The zero-order valence-electron chi connectivity index (χ0n) is 10.7. The Bertz CT molecular complexity index is 331. The van der Waals surface area contributed by atoms with E-state index in [-0.39, 0.29) is 5.54 Å². The summed E-state index contributed by atoms with van der Waals surface area (Å²) in [6.45, 7) is 8.55. The lowest BCUT2D eigenvalue weighted by Crippen LogP contribution is -2.34. The summed E-state index contributed by atoms with van der Waals surface area (Å²) in [6.07, 6.45) is 8.31. The lowest BCUT2D eigenvalue weighted by atomic mass is 10.1. The van der Waals surface area contributed by atoms with Gasteiger partial charge >= 0.3 is 0 Å². The van der Waals surface area contributed by atoms with Crippen LogP contribution in [-0.2, 0) is 13.1 Å². The van der Waals surface area contributed by atoms with E-state index < -0.39 is 0 Å². The van der Waals surface area contributed by atoms with Crippen LogP contribution in [-0.4, -0.2) is 15.3 Å². The van der Waals surface area contributed by atoms with Gasteiger partial charge in [0.05, 0.1) is 6.20 Å². The van der Waals surface area contributed by atoms with E-state index in [0.717, 1.165) is 19.0 Å². The Morgan fingerprint density at radius 2 is 2.19 bits per heavy atom. The summed E-state index contributed by atoms with van der Waals surface area (Å²) >= 11 is 0. The van der Waals surface area contributed by atoms with E-state index in [1.807, 2.05) is 6.20 Å². The maximum atomic E-state index is 4.39. The average molecular weight is 221 g/mol. The van der Waals surface area contributed by atoms with Gasteiger partial charge in [-0.1, -0.05) is 12.8 Å². The number of aryl methyl sites for hydroxylation is 1. The first-order valence-corrected chi connectivity index (χ1v) is 6.29. The van der Waals surface area contributed by atoms with E-state index in [2.05, 4.69) is 42.1 Å². The van der Waals surface area contributed by atoms with Crippen molar-refractivity contribution < 1.29 is 0 Å². The van der Waals surface area contributed by atoms with E-state index in [0.29, 0.717) is 0 Å². The number of aromatic nitrogens is 2. The minimum Gasteiger partial charge on any atom is -0.308 e. The molecular formula is C13H23N3. The second kappa shape index (κ2) is 4.58. The fourth-order valence-corrected chi connectivity index (χ4v) is 1.71. The Morgan fingerprint density at radius 3 is 2.81 bits per heavy atom. The molecule has 1 aliphatic rings. The van der Waals surface area contributed by atoms with Gasteiger partial charge in [-0.3, -0.25) is 4.68 Å². The molecule has 1 heterocycles. The molecule has 3 nitrogen and oxygen atoms in total. The highest BCUT2D eigenvalue weighted by molar-refractivity contribution is 5.04. The van der Waals surface area contributed by atoms with Crippen LogP contribution in [0, 0.1) is 5.92 Å².